The molecular weight excluding hydrogens is 396 g/mol. The van der Waals surface area contributed by atoms with Crippen molar-refractivity contribution in [3.63, 3.8) is 0 Å². The summed E-state index contributed by atoms with van der Waals surface area (Å²) >= 11 is 6.96. The molecule has 3 nitrogen and oxygen atoms in total. The Morgan fingerprint density at radius 2 is 1.81 bits per heavy atom. The molecule has 2 rings (SSSR count). The highest BCUT2D eigenvalue weighted by Gasteiger charge is 2.18. The van der Waals surface area contributed by atoms with Crippen LogP contribution in [0.25, 0.3) is 0 Å². The molecule has 0 radical (unpaired) electrons. The fourth-order valence-electron chi connectivity index (χ4n) is 2.03. The van der Waals surface area contributed by atoms with E-state index in [1.54, 1.807) is 6.07 Å². The Bertz CT molecular complexity index is 663. The number of halogens is 2. The summed E-state index contributed by atoms with van der Waals surface area (Å²) in [4.78, 5) is 12.4. The van der Waals surface area contributed by atoms with Crippen LogP contribution in [-0.2, 0) is 4.79 Å². The highest BCUT2D eigenvalue weighted by molar-refractivity contribution is 9.11. The van der Waals surface area contributed by atoms with Crippen LogP contribution in [0.15, 0.2) is 45.3 Å². The average Bonchev–Trinajstić information content (AvgIpc) is 2.41. The minimum Gasteiger partial charge on any atom is -0.399 e. The van der Waals surface area contributed by atoms with E-state index in [0.29, 0.717) is 5.69 Å². The van der Waals surface area contributed by atoms with Gasteiger partial charge in [0.15, 0.2) is 0 Å². The average molecular weight is 412 g/mol. The van der Waals surface area contributed by atoms with E-state index in [1.807, 2.05) is 44.2 Å². The van der Waals surface area contributed by atoms with Crippen LogP contribution >= 0.6 is 31.9 Å². The van der Waals surface area contributed by atoms with Gasteiger partial charge in [-0.3, -0.25) is 4.79 Å². The molecule has 21 heavy (non-hydrogen) atoms. The van der Waals surface area contributed by atoms with Gasteiger partial charge >= 0.3 is 0 Å². The number of amides is 1. The van der Waals surface area contributed by atoms with Crippen molar-refractivity contribution in [2.24, 2.45) is 0 Å². The molecule has 2 aromatic rings. The number of nitrogens with one attached hydrogen (secondary N) is 1. The first-order chi connectivity index (χ1) is 9.88. The van der Waals surface area contributed by atoms with Gasteiger partial charge in [0, 0.05) is 14.6 Å². The molecule has 0 aliphatic rings. The van der Waals surface area contributed by atoms with E-state index in [1.165, 1.54) is 0 Å². The molecule has 0 spiro atoms. The summed E-state index contributed by atoms with van der Waals surface area (Å²) in [5.41, 5.74) is 9.16. The lowest BCUT2D eigenvalue weighted by molar-refractivity contribution is -0.117. The molecule has 1 atom stereocenters. The number of hydrogen-bond donors (Lipinski definition) is 2. The Balaban J connectivity index is 2.22. The van der Waals surface area contributed by atoms with Crippen molar-refractivity contribution in [1.82, 2.24) is 0 Å². The first-order valence-electron chi connectivity index (χ1n) is 6.50. The van der Waals surface area contributed by atoms with Crippen LogP contribution in [0, 0.1) is 6.92 Å². The van der Waals surface area contributed by atoms with Gasteiger partial charge < -0.3 is 11.1 Å². The number of carbonyl (C=O) groups is 1. The monoisotopic (exact) mass is 410 g/mol. The summed E-state index contributed by atoms with van der Waals surface area (Å²) in [5, 5.41) is 2.95. The number of hydrogen-bond acceptors (Lipinski definition) is 2. The number of rotatable bonds is 3. The van der Waals surface area contributed by atoms with Crippen LogP contribution in [0.3, 0.4) is 0 Å². The number of nitrogen functional groups attached to an aromatic ring is 1. The smallest absolute Gasteiger partial charge is 0.231 e. The predicted molar refractivity (Wildman–Crippen MR) is 94.5 cm³/mol. The minimum atomic E-state index is -0.284. The maximum absolute atomic E-state index is 12.4. The molecule has 5 heteroatoms. The number of anilines is 2. The van der Waals surface area contributed by atoms with Crippen LogP contribution in [-0.4, -0.2) is 5.91 Å². The standard InChI is InChI=1S/C16H16Br2N2O/c1-9-6-13(17)15(14(18)7-9)20-16(21)10(2)11-4-3-5-12(19)8-11/h3-8,10H,19H2,1-2H3,(H,20,21). The highest BCUT2D eigenvalue weighted by atomic mass is 79.9. The van der Waals surface area contributed by atoms with E-state index >= 15 is 0 Å². The molecule has 2 aromatic carbocycles. The molecule has 0 bridgehead atoms. The Labute approximate surface area is 141 Å². The zero-order valence-corrected chi connectivity index (χ0v) is 15.0. The quantitative estimate of drug-likeness (QED) is 0.709. The Hall–Kier alpha value is -1.33. The van der Waals surface area contributed by atoms with Crippen molar-refractivity contribution >= 4 is 49.1 Å². The second-order valence-electron chi connectivity index (χ2n) is 4.98. The van der Waals surface area contributed by atoms with Crippen molar-refractivity contribution in [2.75, 3.05) is 11.1 Å². The molecular formula is C16H16Br2N2O. The molecule has 0 aliphatic heterocycles. The van der Waals surface area contributed by atoms with Gasteiger partial charge in [-0.05, 0) is 81.1 Å². The molecule has 1 amide bonds. The van der Waals surface area contributed by atoms with Crippen molar-refractivity contribution < 1.29 is 4.79 Å². The zero-order chi connectivity index (χ0) is 15.6. The van der Waals surface area contributed by atoms with Gasteiger partial charge in [-0.1, -0.05) is 12.1 Å². The summed E-state index contributed by atoms with van der Waals surface area (Å²) in [6.07, 6.45) is 0. The lowest BCUT2D eigenvalue weighted by Crippen LogP contribution is -2.19. The molecule has 0 fully saturated rings. The second kappa shape index (κ2) is 6.62. The van der Waals surface area contributed by atoms with Gasteiger partial charge in [0.2, 0.25) is 5.91 Å². The predicted octanol–water partition coefficient (Wildman–Crippen LogP) is 4.84. The van der Waals surface area contributed by atoms with Crippen molar-refractivity contribution in [3.8, 4) is 0 Å². The van der Waals surface area contributed by atoms with Crippen molar-refractivity contribution in [2.45, 2.75) is 19.8 Å². The van der Waals surface area contributed by atoms with Crippen LogP contribution in [0.4, 0.5) is 11.4 Å². The van der Waals surface area contributed by atoms with Gasteiger partial charge in [0.25, 0.3) is 0 Å². The van der Waals surface area contributed by atoms with E-state index in [-0.39, 0.29) is 11.8 Å². The second-order valence-corrected chi connectivity index (χ2v) is 6.69. The summed E-state index contributed by atoms with van der Waals surface area (Å²) in [6.45, 7) is 3.86. The summed E-state index contributed by atoms with van der Waals surface area (Å²) < 4.78 is 1.70. The number of carbonyl (C=O) groups excluding carboxylic acids is 1. The van der Waals surface area contributed by atoms with Gasteiger partial charge in [0.1, 0.15) is 0 Å². The third-order valence-corrected chi connectivity index (χ3v) is 4.49. The van der Waals surface area contributed by atoms with E-state index < -0.39 is 0 Å². The number of benzene rings is 2. The van der Waals surface area contributed by atoms with E-state index in [9.17, 15) is 4.79 Å². The lowest BCUT2D eigenvalue weighted by Gasteiger charge is -2.15. The first kappa shape index (κ1) is 16.0. The molecule has 3 N–H and O–H groups in total. The third kappa shape index (κ3) is 3.86. The first-order valence-corrected chi connectivity index (χ1v) is 8.09. The normalized spacial score (nSPS) is 12.0. The van der Waals surface area contributed by atoms with Gasteiger partial charge in [0.05, 0.1) is 11.6 Å². The lowest BCUT2D eigenvalue weighted by atomic mass is 10.00. The summed E-state index contributed by atoms with van der Waals surface area (Å²) in [5.74, 6) is -0.362. The molecule has 0 aliphatic carbocycles. The number of aryl methyl sites for hydroxylation is 1. The molecule has 0 saturated carbocycles. The largest absolute Gasteiger partial charge is 0.399 e. The molecule has 1 unspecified atom stereocenters. The fraction of sp³-hybridized carbons (Fsp3) is 0.188. The summed E-state index contributed by atoms with van der Waals surface area (Å²) in [7, 11) is 0. The SMILES string of the molecule is Cc1cc(Br)c(NC(=O)C(C)c2cccc(N)c2)c(Br)c1. The topological polar surface area (TPSA) is 55.1 Å². The third-order valence-electron chi connectivity index (χ3n) is 3.24. The van der Waals surface area contributed by atoms with Crippen LogP contribution < -0.4 is 11.1 Å². The fourth-order valence-corrected chi connectivity index (χ4v) is 3.64. The van der Waals surface area contributed by atoms with E-state index in [4.69, 9.17) is 5.73 Å². The highest BCUT2D eigenvalue weighted by Crippen LogP contribution is 2.33. The number of nitrogens with two attached hydrogens (primary N) is 1. The van der Waals surface area contributed by atoms with Crippen molar-refractivity contribution in [3.05, 3.63) is 56.5 Å². The molecule has 110 valence electrons. The Morgan fingerprint density at radius 1 is 1.19 bits per heavy atom. The van der Waals surface area contributed by atoms with E-state index in [0.717, 1.165) is 25.8 Å². The molecule has 0 saturated heterocycles. The maximum atomic E-state index is 12.4. The van der Waals surface area contributed by atoms with Crippen LogP contribution in [0.2, 0.25) is 0 Å². The summed E-state index contributed by atoms with van der Waals surface area (Å²) in [6, 6.07) is 11.3. The molecule has 0 heterocycles. The molecule has 0 aromatic heterocycles. The van der Waals surface area contributed by atoms with Crippen molar-refractivity contribution in [1.29, 1.82) is 0 Å². The van der Waals surface area contributed by atoms with Gasteiger partial charge in [-0.25, -0.2) is 0 Å². The van der Waals surface area contributed by atoms with Gasteiger partial charge in [-0.2, -0.15) is 0 Å². The van der Waals surface area contributed by atoms with Gasteiger partial charge in [-0.15, -0.1) is 0 Å². The van der Waals surface area contributed by atoms with Crippen LogP contribution in [0.1, 0.15) is 24.0 Å². The minimum absolute atomic E-state index is 0.0779. The maximum Gasteiger partial charge on any atom is 0.231 e. The Morgan fingerprint density at radius 3 is 2.38 bits per heavy atom. The zero-order valence-electron chi connectivity index (χ0n) is 11.8. The van der Waals surface area contributed by atoms with Crippen LogP contribution in [0.5, 0.6) is 0 Å². The Kier molecular flexibility index (Phi) is 5.06. The van der Waals surface area contributed by atoms with E-state index in [2.05, 4.69) is 37.2 Å².